The van der Waals surface area contributed by atoms with Gasteiger partial charge < -0.3 is 15.1 Å². The molecule has 0 aliphatic rings. The maximum absolute atomic E-state index is 12.6. The van der Waals surface area contributed by atoms with Crippen LogP contribution in [-0.2, 0) is 6.54 Å². The summed E-state index contributed by atoms with van der Waals surface area (Å²) in [6.07, 6.45) is 1.62. The maximum atomic E-state index is 12.6. The van der Waals surface area contributed by atoms with Crippen LogP contribution in [0.1, 0.15) is 37.0 Å². The van der Waals surface area contributed by atoms with E-state index in [4.69, 9.17) is 4.42 Å². The van der Waals surface area contributed by atoms with Gasteiger partial charge in [-0.05, 0) is 32.9 Å². The Bertz CT molecular complexity index is 869. The van der Waals surface area contributed by atoms with E-state index in [1.807, 2.05) is 63.2 Å². The van der Waals surface area contributed by atoms with Gasteiger partial charge in [0.1, 0.15) is 17.3 Å². The van der Waals surface area contributed by atoms with E-state index in [0.717, 1.165) is 11.3 Å². The third kappa shape index (κ3) is 4.69. The van der Waals surface area contributed by atoms with Crippen molar-refractivity contribution >= 4 is 11.7 Å². The van der Waals surface area contributed by atoms with Gasteiger partial charge in [-0.2, -0.15) is 0 Å². The van der Waals surface area contributed by atoms with Crippen molar-refractivity contribution in [3.05, 3.63) is 66.2 Å². The lowest BCUT2D eigenvalue weighted by molar-refractivity contribution is 0.0914. The number of carbonyl (C=O) groups is 1. The molecule has 1 aromatic carbocycles. The summed E-state index contributed by atoms with van der Waals surface area (Å²) in [5.41, 5.74) is 0.811. The molecule has 26 heavy (non-hydrogen) atoms. The number of aromatic nitrogens is 2. The summed E-state index contributed by atoms with van der Waals surface area (Å²) in [4.78, 5) is 21.6. The number of benzene rings is 1. The molecule has 6 nitrogen and oxygen atoms in total. The summed E-state index contributed by atoms with van der Waals surface area (Å²) in [6, 6.07) is 14.9. The van der Waals surface area contributed by atoms with E-state index in [0.29, 0.717) is 23.9 Å². The van der Waals surface area contributed by atoms with Crippen LogP contribution in [0.3, 0.4) is 0 Å². The molecule has 0 saturated heterocycles. The molecule has 0 unspecified atom stereocenters. The molecule has 0 radical (unpaired) electrons. The van der Waals surface area contributed by atoms with Crippen LogP contribution < -0.4 is 10.6 Å². The molecular weight excluding hydrogens is 328 g/mol. The molecule has 0 atom stereocenters. The number of hydrogen-bond donors (Lipinski definition) is 2. The standard InChI is InChI=1S/C20H22N4O2/c1-20(2,3)24-19(25)16-12-17(21-13-15-10-7-11-26-15)23-18(22-16)14-8-5-4-6-9-14/h4-12H,13H2,1-3H3,(H,24,25)(H,21,22,23). The van der Waals surface area contributed by atoms with Gasteiger partial charge in [-0.25, -0.2) is 9.97 Å². The molecule has 0 fully saturated rings. The van der Waals surface area contributed by atoms with Crippen molar-refractivity contribution < 1.29 is 9.21 Å². The van der Waals surface area contributed by atoms with E-state index in [1.165, 1.54) is 0 Å². The second-order valence-electron chi connectivity index (χ2n) is 6.97. The Morgan fingerprint density at radius 3 is 2.50 bits per heavy atom. The SMILES string of the molecule is CC(C)(C)NC(=O)c1cc(NCc2ccco2)nc(-c2ccccc2)n1. The fourth-order valence-electron chi connectivity index (χ4n) is 2.37. The first-order valence-electron chi connectivity index (χ1n) is 8.44. The quantitative estimate of drug-likeness (QED) is 0.730. The van der Waals surface area contributed by atoms with Crippen LogP contribution in [0, 0.1) is 0 Å². The van der Waals surface area contributed by atoms with Gasteiger partial charge in [0, 0.05) is 17.2 Å². The van der Waals surface area contributed by atoms with Crippen molar-refractivity contribution in [1.29, 1.82) is 0 Å². The molecular formula is C20H22N4O2. The van der Waals surface area contributed by atoms with E-state index in [2.05, 4.69) is 20.6 Å². The molecule has 134 valence electrons. The molecule has 0 saturated carbocycles. The zero-order valence-corrected chi connectivity index (χ0v) is 15.1. The highest BCUT2D eigenvalue weighted by atomic mass is 16.3. The van der Waals surface area contributed by atoms with Crippen molar-refractivity contribution in [2.24, 2.45) is 0 Å². The number of rotatable bonds is 5. The Kier molecular flexibility index (Phi) is 5.02. The lowest BCUT2D eigenvalue weighted by atomic mass is 10.1. The highest BCUT2D eigenvalue weighted by Gasteiger charge is 2.18. The Morgan fingerprint density at radius 1 is 1.08 bits per heavy atom. The summed E-state index contributed by atoms with van der Waals surface area (Å²) in [5, 5.41) is 6.13. The molecule has 1 amide bonds. The van der Waals surface area contributed by atoms with Crippen LogP contribution in [0.4, 0.5) is 5.82 Å². The lowest BCUT2D eigenvalue weighted by Gasteiger charge is -2.20. The Labute approximate surface area is 152 Å². The number of nitrogens with one attached hydrogen (secondary N) is 2. The second-order valence-corrected chi connectivity index (χ2v) is 6.97. The number of nitrogens with zero attached hydrogens (tertiary/aromatic N) is 2. The van der Waals surface area contributed by atoms with E-state index in [-0.39, 0.29) is 11.4 Å². The molecule has 2 N–H and O–H groups in total. The van der Waals surface area contributed by atoms with Crippen molar-refractivity contribution in [3.63, 3.8) is 0 Å². The van der Waals surface area contributed by atoms with Crippen LogP contribution >= 0.6 is 0 Å². The molecule has 0 bridgehead atoms. The van der Waals surface area contributed by atoms with Gasteiger partial charge in [0.15, 0.2) is 5.82 Å². The first kappa shape index (κ1) is 17.7. The molecule has 2 aromatic heterocycles. The van der Waals surface area contributed by atoms with E-state index < -0.39 is 0 Å². The fourth-order valence-corrected chi connectivity index (χ4v) is 2.37. The predicted octanol–water partition coefficient (Wildman–Crippen LogP) is 3.88. The lowest BCUT2D eigenvalue weighted by Crippen LogP contribution is -2.41. The monoisotopic (exact) mass is 350 g/mol. The topological polar surface area (TPSA) is 80.0 Å². The zero-order chi connectivity index (χ0) is 18.6. The molecule has 3 rings (SSSR count). The summed E-state index contributed by atoms with van der Waals surface area (Å²) < 4.78 is 5.33. The first-order valence-corrected chi connectivity index (χ1v) is 8.44. The van der Waals surface area contributed by atoms with Crippen molar-refractivity contribution in [3.8, 4) is 11.4 Å². The number of furan rings is 1. The van der Waals surface area contributed by atoms with Crippen molar-refractivity contribution in [2.75, 3.05) is 5.32 Å². The maximum Gasteiger partial charge on any atom is 0.270 e. The van der Waals surface area contributed by atoms with Gasteiger partial charge in [0.2, 0.25) is 0 Å². The third-order valence-electron chi connectivity index (χ3n) is 3.50. The molecule has 6 heteroatoms. The zero-order valence-electron chi connectivity index (χ0n) is 15.1. The summed E-state index contributed by atoms with van der Waals surface area (Å²) in [6.45, 7) is 6.26. The average Bonchev–Trinajstić information content (AvgIpc) is 3.12. The minimum atomic E-state index is -0.350. The molecule has 0 aliphatic carbocycles. The summed E-state index contributed by atoms with van der Waals surface area (Å²) in [5.74, 6) is 1.60. The van der Waals surface area contributed by atoms with Crippen LogP contribution in [0.2, 0.25) is 0 Å². The van der Waals surface area contributed by atoms with Crippen LogP contribution in [0.25, 0.3) is 11.4 Å². The normalized spacial score (nSPS) is 11.2. The molecule has 0 spiro atoms. The minimum Gasteiger partial charge on any atom is -0.467 e. The van der Waals surface area contributed by atoms with Crippen molar-refractivity contribution in [1.82, 2.24) is 15.3 Å². The predicted molar refractivity (Wildman–Crippen MR) is 101 cm³/mol. The molecule has 3 aromatic rings. The van der Waals surface area contributed by atoms with Crippen molar-refractivity contribution in [2.45, 2.75) is 32.9 Å². The fraction of sp³-hybridized carbons (Fsp3) is 0.250. The summed E-state index contributed by atoms with van der Waals surface area (Å²) in [7, 11) is 0. The first-order chi connectivity index (χ1) is 12.4. The number of hydrogen-bond acceptors (Lipinski definition) is 5. The highest BCUT2D eigenvalue weighted by molar-refractivity contribution is 5.93. The van der Waals surface area contributed by atoms with Gasteiger partial charge in [-0.1, -0.05) is 30.3 Å². The minimum absolute atomic E-state index is 0.238. The van der Waals surface area contributed by atoms with Crippen LogP contribution in [0.5, 0.6) is 0 Å². The largest absolute Gasteiger partial charge is 0.467 e. The molecule has 0 aliphatic heterocycles. The average molecular weight is 350 g/mol. The Balaban J connectivity index is 1.92. The smallest absolute Gasteiger partial charge is 0.270 e. The number of anilines is 1. The number of amides is 1. The third-order valence-corrected chi connectivity index (χ3v) is 3.50. The van der Waals surface area contributed by atoms with Gasteiger partial charge in [-0.15, -0.1) is 0 Å². The van der Waals surface area contributed by atoms with E-state index in [1.54, 1.807) is 12.3 Å². The molecule has 2 heterocycles. The Hall–Kier alpha value is -3.15. The van der Waals surface area contributed by atoms with Gasteiger partial charge >= 0.3 is 0 Å². The van der Waals surface area contributed by atoms with E-state index >= 15 is 0 Å². The van der Waals surface area contributed by atoms with E-state index in [9.17, 15) is 4.79 Å². The Morgan fingerprint density at radius 2 is 1.85 bits per heavy atom. The van der Waals surface area contributed by atoms with Gasteiger partial charge in [0.25, 0.3) is 5.91 Å². The van der Waals surface area contributed by atoms with Crippen LogP contribution in [0.15, 0.2) is 59.2 Å². The van der Waals surface area contributed by atoms with Gasteiger partial charge in [-0.3, -0.25) is 4.79 Å². The highest BCUT2D eigenvalue weighted by Crippen LogP contribution is 2.19. The van der Waals surface area contributed by atoms with Crippen LogP contribution in [-0.4, -0.2) is 21.4 Å². The number of carbonyl (C=O) groups excluding carboxylic acids is 1. The van der Waals surface area contributed by atoms with Gasteiger partial charge in [0.05, 0.1) is 12.8 Å². The summed E-state index contributed by atoms with van der Waals surface area (Å²) >= 11 is 0. The second kappa shape index (κ2) is 7.39.